The lowest BCUT2D eigenvalue weighted by Crippen LogP contribution is -2.31. The molecule has 2 nitrogen and oxygen atoms in total. The molecule has 1 amide bonds. The number of likely N-dealkylation sites (tertiary alicyclic amines) is 1. The summed E-state index contributed by atoms with van der Waals surface area (Å²) >= 11 is 5.81. The molecule has 110 valence electrons. The van der Waals surface area contributed by atoms with Crippen LogP contribution in [0.2, 0.25) is 0 Å². The van der Waals surface area contributed by atoms with E-state index in [4.69, 9.17) is 11.6 Å². The topological polar surface area (TPSA) is 20.3 Å². The van der Waals surface area contributed by atoms with Gasteiger partial charge in [-0.2, -0.15) is 0 Å². The highest BCUT2D eigenvalue weighted by Crippen LogP contribution is 2.28. The van der Waals surface area contributed by atoms with E-state index >= 15 is 0 Å². The van der Waals surface area contributed by atoms with E-state index < -0.39 is 0 Å². The zero-order chi connectivity index (χ0) is 14.8. The number of carbonyl (C=O) groups is 1. The quantitative estimate of drug-likeness (QED) is 0.769. The Hall–Kier alpha value is -1.02. The minimum atomic E-state index is -0.0124. The minimum Gasteiger partial charge on any atom is -0.338 e. The first-order valence-electron chi connectivity index (χ1n) is 7.38. The third-order valence-electron chi connectivity index (χ3n) is 4.06. The second kappa shape index (κ2) is 6.17. The lowest BCUT2D eigenvalue weighted by molar-refractivity contribution is 0.0784. The molecule has 0 radical (unpaired) electrons. The molecule has 1 aliphatic rings. The Kier molecular flexibility index (Phi) is 4.74. The van der Waals surface area contributed by atoms with Gasteiger partial charge >= 0.3 is 0 Å². The minimum absolute atomic E-state index is 0.0124. The molecule has 1 heterocycles. The molecule has 1 unspecified atom stereocenters. The third-order valence-corrected chi connectivity index (χ3v) is 4.27. The van der Waals surface area contributed by atoms with E-state index in [0.717, 1.165) is 37.1 Å². The fourth-order valence-electron chi connectivity index (χ4n) is 2.90. The first kappa shape index (κ1) is 15.4. The van der Waals surface area contributed by atoms with E-state index in [1.807, 2.05) is 23.1 Å². The molecular formula is C17H24ClNO. The molecule has 20 heavy (non-hydrogen) atoms. The van der Waals surface area contributed by atoms with Gasteiger partial charge < -0.3 is 4.90 Å². The molecule has 0 aromatic heterocycles. The fourth-order valence-corrected chi connectivity index (χ4v) is 3.21. The molecule has 1 atom stereocenters. The van der Waals surface area contributed by atoms with Crippen LogP contribution in [0.3, 0.4) is 0 Å². The molecule has 1 saturated heterocycles. The maximum absolute atomic E-state index is 12.8. The number of hydrogen-bond donors (Lipinski definition) is 0. The van der Waals surface area contributed by atoms with Crippen LogP contribution in [0.1, 0.15) is 49.5 Å². The first-order valence-corrected chi connectivity index (χ1v) is 7.91. The molecule has 1 aliphatic heterocycles. The van der Waals surface area contributed by atoms with Gasteiger partial charge in [0.1, 0.15) is 0 Å². The number of alkyl halides is 1. The Morgan fingerprint density at radius 2 is 2.05 bits per heavy atom. The van der Waals surface area contributed by atoms with E-state index in [9.17, 15) is 4.79 Å². The number of benzene rings is 1. The highest BCUT2D eigenvalue weighted by molar-refractivity contribution is 6.17. The Morgan fingerprint density at radius 1 is 1.35 bits per heavy atom. The first-order chi connectivity index (χ1) is 9.43. The molecule has 1 aromatic carbocycles. The van der Waals surface area contributed by atoms with Gasteiger partial charge in [0.05, 0.1) is 0 Å². The van der Waals surface area contributed by atoms with Gasteiger partial charge in [0.2, 0.25) is 0 Å². The number of nitrogens with zero attached hydrogens (tertiary/aromatic N) is 1. The number of rotatable bonds is 3. The van der Waals surface area contributed by atoms with Crippen molar-refractivity contribution in [2.75, 3.05) is 19.0 Å². The monoisotopic (exact) mass is 293 g/mol. The average molecular weight is 294 g/mol. The van der Waals surface area contributed by atoms with Crippen molar-refractivity contribution in [2.24, 2.45) is 5.92 Å². The van der Waals surface area contributed by atoms with E-state index in [-0.39, 0.29) is 11.3 Å². The van der Waals surface area contributed by atoms with Crippen LogP contribution < -0.4 is 0 Å². The lowest BCUT2D eigenvalue weighted by Gasteiger charge is -2.25. The van der Waals surface area contributed by atoms with Crippen LogP contribution in [0.4, 0.5) is 0 Å². The summed E-state index contributed by atoms with van der Waals surface area (Å²) in [6.07, 6.45) is 2.09. The van der Waals surface area contributed by atoms with E-state index in [1.54, 1.807) is 0 Å². The smallest absolute Gasteiger partial charge is 0.254 e. The highest BCUT2D eigenvalue weighted by atomic mass is 35.5. The Bertz CT molecular complexity index is 478. The highest BCUT2D eigenvalue weighted by Gasteiger charge is 2.29. The summed E-state index contributed by atoms with van der Waals surface area (Å²) in [5.41, 5.74) is 1.97. The standard InChI is InChI=1S/C17H24ClNO/c1-17(2,3)15-7-5-4-6-14(15)16(20)19-11-9-13(12-19)8-10-18/h4-7,13H,8-12H2,1-3H3. The Labute approximate surface area is 127 Å². The van der Waals surface area contributed by atoms with Crippen LogP contribution in [0, 0.1) is 5.92 Å². The third kappa shape index (κ3) is 3.35. The van der Waals surface area contributed by atoms with Crippen LogP contribution >= 0.6 is 11.6 Å². The van der Waals surface area contributed by atoms with Crippen LogP contribution in [-0.2, 0) is 5.41 Å². The van der Waals surface area contributed by atoms with E-state index in [1.165, 1.54) is 0 Å². The van der Waals surface area contributed by atoms with Gasteiger partial charge in [0.25, 0.3) is 5.91 Å². The van der Waals surface area contributed by atoms with Crippen molar-refractivity contribution in [3.8, 4) is 0 Å². The summed E-state index contributed by atoms with van der Waals surface area (Å²) in [6.45, 7) is 8.17. The Balaban J connectivity index is 2.19. The van der Waals surface area contributed by atoms with Crippen LogP contribution in [0.5, 0.6) is 0 Å². The summed E-state index contributed by atoms with van der Waals surface area (Å²) in [7, 11) is 0. The van der Waals surface area contributed by atoms with Gasteiger partial charge in [-0.1, -0.05) is 39.0 Å². The molecule has 0 aliphatic carbocycles. The Morgan fingerprint density at radius 3 is 2.70 bits per heavy atom. The normalized spacial score (nSPS) is 19.4. The number of halogens is 1. The molecule has 0 saturated carbocycles. The van der Waals surface area contributed by atoms with Gasteiger partial charge in [0, 0.05) is 24.5 Å². The van der Waals surface area contributed by atoms with Crippen molar-refractivity contribution >= 4 is 17.5 Å². The summed E-state index contributed by atoms with van der Waals surface area (Å²) in [6, 6.07) is 7.99. The maximum Gasteiger partial charge on any atom is 0.254 e. The van der Waals surface area contributed by atoms with Gasteiger partial charge in [0.15, 0.2) is 0 Å². The van der Waals surface area contributed by atoms with Crippen LogP contribution in [0.25, 0.3) is 0 Å². The van der Waals surface area contributed by atoms with Gasteiger partial charge in [-0.15, -0.1) is 11.6 Å². The molecule has 2 rings (SSSR count). The van der Waals surface area contributed by atoms with Crippen molar-refractivity contribution in [3.63, 3.8) is 0 Å². The van der Waals surface area contributed by atoms with Crippen molar-refractivity contribution in [1.29, 1.82) is 0 Å². The van der Waals surface area contributed by atoms with E-state index in [0.29, 0.717) is 11.8 Å². The van der Waals surface area contributed by atoms with Crippen molar-refractivity contribution in [2.45, 2.75) is 39.0 Å². The van der Waals surface area contributed by atoms with Gasteiger partial charge in [-0.25, -0.2) is 0 Å². The van der Waals surface area contributed by atoms with Gasteiger partial charge in [-0.05, 0) is 35.8 Å². The number of amides is 1. The molecule has 1 aromatic rings. The molecule has 0 spiro atoms. The fraction of sp³-hybridized carbons (Fsp3) is 0.588. The second-order valence-corrected chi connectivity index (χ2v) is 7.06. The molecular weight excluding hydrogens is 270 g/mol. The molecule has 0 bridgehead atoms. The summed E-state index contributed by atoms with van der Waals surface area (Å²) in [4.78, 5) is 14.7. The number of carbonyl (C=O) groups excluding carboxylic acids is 1. The molecule has 1 fully saturated rings. The van der Waals surface area contributed by atoms with Crippen molar-refractivity contribution < 1.29 is 4.79 Å². The van der Waals surface area contributed by atoms with E-state index in [2.05, 4.69) is 26.8 Å². The molecule has 0 N–H and O–H groups in total. The average Bonchev–Trinajstić information content (AvgIpc) is 2.86. The van der Waals surface area contributed by atoms with Crippen LogP contribution in [0.15, 0.2) is 24.3 Å². The van der Waals surface area contributed by atoms with Crippen molar-refractivity contribution in [3.05, 3.63) is 35.4 Å². The summed E-state index contributed by atoms with van der Waals surface area (Å²) in [5, 5.41) is 0. The SMILES string of the molecule is CC(C)(C)c1ccccc1C(=O)N1CCC(CCCl)C1. The lowest BCUT2D eigenvalue weighted by atomic mass is 9.83. The largest absolute Gasteiger partial charge is 0.338 e. The predicted octanol–water partition coefficient (Wildman–Crippen LogP) is 4.08. The van der Waals surface area contributed by atoms with Crippen molar-refractivity contribution in [1.82, 2.24) is 4.90 Å². The van der Waals surface area contributed by atoms with Gasteiger partial charge in [-0.3, -0.25) is 4.79 Å². The molecule has 3 heteroatoms. The predicted molar refractivity (Wildman–Crippen MR) is 84.5 cm³/mol. The summed E-state index contributed by atoms with van der Waals surface area (Å²) < 4.78 is 0. The second-order valence-electron chi connectivity index (χ2n) is 6.68. The summed E-state index contributed by atoms with van der Waals surface area (Å²) in [5.74, 6) is 1.43. The maximum atomic E-state index is 12.8. The zero-order valence-electron chi connectivity index (χ0n) is 12.7. The number of hydrogen-bond acceptors (Lipinski definition) is 1. The zero-order valence-corrected chi connectivity index (χ0v) is 13.4. The van der Waals surface area contributed by atoms with Crippen LogP contribution in [-0.4, -0.2) is 29.8 Å².